The van der Waals surface area contributed by atoms with E-state index in [0.717, 1.165) is 46.8 Å². The molecule has 1 unspecified atom stereocenters. The number of rotatable bonds is 5. The first kappa shape index (κ1) is 17.4. The first-order valence-electron chi connectivity index (χ1n) is 9.56. The maximum absolute atomic E-state index is 11.2. The van der Waals surface area contributed by atoms with Gasteiger partial charge in [-0.25, -0.2) is 0 Å². The third kappa shape index (κ3) is 3.55. The summed E-state index contributed by atoms with van der Waals surface area (Å²) in [6.07, 6.45) is 12.0. The SMILES string of the molecule is O=c1cc(-c2ccc(OC3C=Cc4c(OC5=CC=CCC5)cccc43)cc2)o[nH]1. The van der Waals surface area contributed by atoms with Gasteiger partial charge in [-0.1, -0.05) is 30.4 Å². The van der Waals surface area contributed by atoms with Crippen LogP contribution < -0.4 is 15.0 Å². The lowest BCUT2D eigenvalue weighted by Gasteiger charge is -2.17. The summed E-state index contributed by atoms with van der Waals surface area (Å²) in [4.78, 5) is 11.2. The molecule has 0 saturated heterocycles. The van der Waals surface area contributed by atoms with Crippen molar-refractivity contribution in [2.75, 3.05) is 0 Å². The smallest absolute Gasteiger partial charge is 0.280 e. The van der Waals surface area contributed by atoms with E-state index in [1.807, 2.05) is 54.6 Å². The topological polar surface area (TPSA) is 64.5 Å². The number of aromatic amines is 1. The Morgan fingerprint density at radius 2 is 2.00 bits per heavy atom. The molecule has 0 aliphatic heterocycles. The second-order valence-electron chi connectivity index (χ2n) is 6.96. The zero-order chi connectivity index (χ0) is 19.6. The third-order valence-corrected chi connectivity index (χ3v) is 4.99. The van der Waals surface area contributed by atoms with Gasteiger partial charge in [0.1, 0.15) is 23.4 Å². The molecular weight excluding hydrogens is 366 g/mol. The van der Waals surface area contributed by atoms with E-state index in [0.29, 0.717) is 5.76 Å². The van der Waals surface area contributed by atoms with Crippen LogP contribution >= 0.6 is 0 Å². The minimum atomic E-state index is -0.258. The highest BCUT2D eigenvalue weighted by Crippen LogP contribution is 2.38. The zero-order valence-electron chi connectivity index (χ0n) is 15.6. The molecule has 5 nitrogen and oxygen atoms in total. The molecule has 144 valence electrons. The summed E-state index contributed by atoms with van der Waals surface area (Å²) in [6, 6.07) is 14.9. The van der Waals surface area contributed by atoms with E-state index in [-0.39, 0.29) is 11.7 Å². The molecule has 0 fully saturated rings. The van der Waals surface area contributed by atoms with Gasteiger partial charge < -0.3 is 14.0 Å². The molecule has 1 atom stereocenters. The minimum absolute atomic E-state index is 0.176. The van der Waals surface area contributed by atoms with E-state index in [9.17, 15) is 4.79 Å². The number of hydrogen-bond acceptors (Lipinski definition) is 4. The number of nitrogens with one attached hydrogen (secondary N) is 1. The first-order chi connectivity index (χ1) is 14.3. The fourth-order valence-electron chi connectivity index (χ4n) is 3.54. The fourth-order valence-corrected chi connectivity index (χ4v) is 3.54. The number of H-pyrrole nitrogens is 1. The molecule has 0 radical (unpaired) electrons. The van der Waals surface area contributed by atoms with Gasteiger partial charge in [-0.2, -0.15) is 5.16 Å². The molecule has 5 rings (SSSR count). The standard InChI is InChI=1S/C24H19NO4/c26-24-15-23(29-25-24)16-9-11-18(12-10-16)28-22-14-13-20-19(22)7-4-8-21(20)27-17-5-2-1-3-6-17/h1-2,4-5,7-15,22H,3,6H2,(H,25,26). The number of fused-ring (bicyclic) bond motifs is 1. The van der Waals surface area contributed by atoms with Crippen LogP contribution in [0.25, 0.3) is 17.4 Å². The van der Waals surface area contributed by atoms with Crippen molar-refractivity contribution in [3.05, 3.63) is 100 Å². The maximum atomic E-state index is 11.2. The van der Waals surface area contributed by atoms with Gasteiger partial charge in [0.25, 0.3) is 5.56 Å². The van der Waals surface area contributed by atoms with Crippen molar-refractivity contribution in [2.45, 2.75) is 18.9 Å². The Morgan fingerprint density at radius 1 is 1.10 bits per heavy atom. The van der Waals surface area contributed by atoms with Crippen molar-refractivity contribution in [1.82, 2.24) is 5.16 Å². The minimum Gasteiger partial charge on any atom is -0.482 e. The second-order valence-corrected chi connectivity index (χ2v) is 6.96. The lowest BCUT2D eigenvalue weighted by atomic mass is 10.1. The van der Waals surface area contributed by atoms with Crippen LogP contribution in [-0.4, -0.2) is 5.16 Å². The van der Waals surface area contributed by atoms with Crippen molar-refractivity contribution in [2.24, 2.45) is 0 Å². The van der Waals surface area contributed by atoms with Crippen LogP contribution in [0.2, 0.25) is 0 Å². The number of aromatic nitrogens is 1. The predicted molar refractivity (Wildman–Crippen MR) is 111 cm³/mol. The molecule has 0 saturated carbocycles. The first-order valence-corrected chi connectivity index (χ1v) is 9.56. The summed E-state index contributed by atoms with van der Waals surface area (Å²) in [6.45, 7) is 0. The molecule has 1 N–H and O–H groups in total. The summed E-state index contributed by atoms with van der Waals surface area (Å²) in [7, 11) is 0. The number of hydrogen-bond donors (Lipinski definition) is 1. The van der Waals surface area contributed by atoms with E-state index in [2.05, 4.69) is 23.4 Å². The van der Waals surface area contributed by atoms with Gasteiger partial charge in [0.05, 0.1) is 6.07 Å². The molecule has 3 aromatic rings. The monoisotopic (exact) mass is 385 g/mol. The summed E-state index contributed by atoms with van der Waals surface area (Å²) in [5, 5.41) is 2.30. The molecule has 2 aromatic carbocycles. The van der Waals surface area contributed by atoms with Crippen LogP contribution in [0.3, 0.4) is 0 Å². The summed E-state index contributed by atoms with van der Waals surface area (Å²) in [5.74, 6) is 3.07. The third-order valence-electron chi connectivity index (χ3n) is 4.99. The quantitative estimate of drug-likeness (QED) is 0.639. The van der Waals surface area contributed by atoms with Crippen LogP contribution in [0.5, 0.6) is 11.5 Å². The van der Waals surface area contributed by atoms with Gasteiger partial charge >= 0.3 is 0 Å². The van der Waals surface area contributed by atoms with Gasteiger partial charge in [0, 0.05) is 23.1 Å². The van der Waals surface area contributed by atoms with Gasteiger partial charge in [0.2, 0.25) is 0 Å². The Labute approximate surface area is 167 Å². The highest BCUT2D eigenvalue weighted by Gasteiger charge is 2.22. The molecule has 1 aromatic heterocycles. The van der Waals surface area contributed by atoms with E-state index in [4.69, 9.17) is 14.0 Å². The van der Waals surface area contributed by atoms with Crippen LogP contribution in [0, 0.1) is 0 Å². The van der Waals surface area contributed by atoms with Crippen molar-refractivity contribution in [1.29, 1.82) is 0 Å². The van der Waals surface area contributed by atoms with E-state index in [1.165, 1.54) is 6.07 Å². The highest BCUT2D eigenvalue weighted by atomic mass is 16.5. The normalized spacial score (nSPS) is 17.1. The Balaban J connectivity index is 1.34. The lowest BCUT2D eigenvalue weighted by molar-refractivity contribution is 0.258. The van der Waals surface area contributed by atoms with Gasteiger partial charge in [-0.05, 0) is 48.9 Å². The molecule has 2 aliphatic rings. The highest BCUT2D eigenvalue weighted by molar-refractivity contribution is 5.68. The molecule has 2 aliphatic carbocycles. The van der Waals surface area contributed by atoms with Crippen LogP contribution in [-0.2, 0) is 0 Å². The Bertz CT molecular complexity index is 1180. The van der Waals surface area contributed by atoms with Crippen molar-refractivity contribution in [3.63, 3.8) is 0 Å². The largest absolute Gasteiger partial charge is 0.482 e. The summed E-state index contributed by atoms with van der Waals surface area (Å²) < 4.78 is 17.4. The Hall–Kier alpha value is -3.73. The average molecular weight is 385 g/mol. The number of benzene rings is 2. The molecule has 1 heterocycles. The maximum Gasteiger partial charge on any atom is 0.280 e. The molecular formula is C24H19NO4. The van der Waals surface area contributed by atoms with Gasteiger partial charge in [-0.15, -0.1) is 0 Å². The van der Waals surface area contributed by atoms with E-state index < -0.39 is 0 Å². The van der Waals surface area contributed by atoms with E-state index in [1.54, 1.807) is 0 Å². The number of ether oxygens (including phenoxy) is 2. The van der Waals surface area contributed by atoms with E-state index >= 15 is 0 Å². The molecule has 0 bridgehead atoms. The Kier molecular flexibility index (Phi) is 4.41. The van der Waals surface area contributed by atoms with Crippen molar-refractivity contribution < 1.29 is 14.0 Å². The average Bonchev–Trinajstić information content (AvgIpc) is 3.37. The summed E-state index contributed by atoms with van der Waals surface area (Å²) >= 11 is 0. The van der Waals surface area contributed by atoms with Crippen molar-refractivity contribution in [3.8, 4) is 22.8 Å². The van der Waals surface area contributed by atoms with Gasteiger partial charge in [0.15, 0.2) is 5.76 Å². The second kappa shape index (κ2) is 7.36. The molecule has 29 heavy (non-hydrogen) atoms. The van der Waals surface area contributed by atoms with Crippen LogP contribution in [0.1, 0.15) is 30.1 Å². The summed E-state index contributed by atoms with van der Waals surface area (Å²) in [5.41, 5.74) is 2.68. The predicted octanol–water partition coefficient (Wildman–Crippen LogP) is 5.39. The fraction of sp³-hybridized carbons (Fsp3) is 0.125. The lowest BCUT2D eigenvalue weighted by Crippen LogP contribution is -2.04. The molecule has 0 amide bonds. The number of allylic oxidation sites excluding steroid dienone is 4. The van der Waals surface area contributed by atoms with Crippen LogP contribution in [0.15, 0.2) is 87.9 Å². The van der Waals surface area contributed by atoms with Gasteiger partial charge in [-0.3, -0.25) is 4.79 Å². The van der Waals surface area contributed by atoms with Crippen molar-refractivity contribution >= 4 is 6.08 Å². The zero-order valence-corrected chi connectivity index (χ0v) is 15.6. The Morgan fingerprint density at radius 3 is 2.76 bits per heavy atom. The molecule has 5 heteroatoms. The molecule has 0 spiro atoms. The van der Waals surface area contributed by atoms with Crippen LogP contribution in [0.4, 0.5) is 0 Å².